The highest BCUT2D eigenvalue weighted by atomic mass is 16.3. The van der Waals surface area contributed by atoms with Crippen molar-refractivity contribution in [2.45, 2.75) is 37.8 Å². The standard InChI is InChI=1S/C13H25N3O2/c1-15-7-4-11(5-8-15)16(9-10-17)13(18)12-3-2-6-14-12/h11-12,14,17H,2-10H2,1H3. The van der Waals surface area contributed by atoms with Gasteiger partial charge in [-0.25, -0.2) is 0 Å². The van der Waals surface area contributed by atoms with E-state index in [4.69, 9.17) is 0 Å². The molecule has 1 unspecified atom stereocenters. The minimum Gasteiger partial charge on any atom is -0.395 e. The topological polar surface area (TPSA) is 55.8 Å². The zero-order valence-corrected chi connectivity index (χ0v) is 11.3. The van der Waals surface area contributed by atoms with Crippen LogP contribution in [0, 0.1) is 0 Å². The lowest BCUT2D eigenvalue weighted by Crippen LogP contribution is -2.52. The van der Waals surface area contributed by atoms with Crippen molar-refractivity contribution < 1.29 is 9.90 Å². The summed E-state index contributed by atoms with van der Waals surface area (Å²) in [5.74, 6) is 0.191. The Morgan fingerprint density at radius 3 is 2.67 bits per heavy atom. The van der Waals surface area contributed by atoms with E-state index in [0.29, 0.717) is 12.6 Å². The van der Waals surface area contributed by atoms with E-state index in [-0.39, 0.29) is 18.6 Å². The number of rotatable bonds is 4. The van der Waals surface area contributed by atoms with Gasteiger partial charge in [-0.2, -0.15) is 0 Å². The maximum absolute atomic E-state index is 12.5. The summed E-state index contributed by atoms with van der Waals surface area (Å²) in [6.45, 7) is 3.56. The summed E-state index contributed by atoms with van der Waals surface area (Å²) in [7, 11) is 2.12. The maximum Gasteiger partial charge on any atom is 0.240 e. The van der Waals surface area contributed by atoms with E-state index in [0.717, 1.165) is 45.3 Å². The second-order valence-electron chi connectivity index (χ2n) is 5.44. The highest BCUT2D eigenvalue weighted by molar-refractivity contribution is 5.82. The van der Waals surface area contributed by atoms with Crippen molar-refractivity contribution in [2.75, 3.05) is 39.8 Å². The van der Waals surface area contributed by atoms with Crippen LogP contribution >= 0.6 is 0 Å². The SMILES string of the molecule is CN1CCC(N(CCO)C(=O)C2CCCN2)CC1. The van der Waals surface area contributed by atoms with Gasteiger partial charge in [0.1, 0.15) is 0 Å². The second-order valence-corrected chi connectivity index (χ2v) is 5.44. The van der Waals surface area contributed by atoms with Crippen LogP contribution in [0.5, 0.6) is 0 Å². The molecule has 5 nitrogen and oxygen atoms in total. The Hall–Kier alpha value is -0.650. The first-order valence-electron chi connectivity index (χ1n) is 7.05. The van der Waals surface area contributed by atoms with Crippen LogP contribution in [0.1, 0.15) is 25.7 Å². The van der Waals surface area contributed by atoms with Gasteiger partial charge in [-0.1, -0.05) is 0 Å². The Kier molecular flexibility index (Phi) is 4.97. The average Bonchev–Trinajstić information content (AvgIpc) is 2.90. The summed E-state index contributed by atoms with van der Waals surface area (Å²) in [4.78, 5) is 16.7. The number of aliphatic hydroxyl groups is 1. The fourth-order valence-electron chi connectivity index (χ4n) is 2.98. The number of amides is 1. The molecule has 2 aliphatic rings. The lowest BCUT2D eigenvalue weighted by Gasteiger charge is -2.38. The molecule has 0 aromatic rings. The third-order valence-electron chi connectivity index (χ3n) is 4.11. The average molecular weight is 255 g/mol. The van der Waals surface area contributed by atoms with E-state index in [1.807, 2.05) is 4.90 Å². The Balaban J connectivity index is 1.95. The number of nitrogens with zero attached hydrogens (tertiary/aromatic N) is 2. The van der Waals surface area contributed by atoms with Crippen molar-refractivity contribution in [1.82, 2.24) is 15.1 Å². The van der Waals surface area contributed by atoms with Crippen LogP contribution in [-0.2, 0) is 4.79 Å². The zero-order chi connectivity index (χ0) is 13.0. The summed E-state index contributed by atoms with van der Waals surface area (Å²) in [6.07, 6.45) is 4.06. The van der Waals surface area contributed by atoms with E-state index in [2.05, 4.69) is 17.3 Å². The molecule has 2 heterocycles. The van der Waals surface area contributed by atoms with Crippen LogP contribution in [0.3, 0.4) is 0 Å². The van der Waals surface area contributed by atoms with Gasteiger partial charge in [-0.15, -0.1) is 0 Å². The third-order valence-corrected chi connectivity index (χ3v) is 4.11. The molecule has 0 aromatic heterocycles. The molecule has 2 aliphatic heterocycles. The molecule has 0 spiro atoms. The Morgan fingerprint density at radius 1 is 1.39 bits per heavy atom. The highest BCUT2D eigenvalue weighted by Gasteiger charge is 2.32. The van der Waals surface area contributed by atoms with Crippen LogP contribution < -0.4 is 5.32 Å². The van der Waals surface area contributed by atoms with Crippen molar-refractivity contribution in [2.24, 2.45) is 0 Å². The first-order valence-corrected chi connectivity index (χ1v) is 7.05. The molecule has 104 valence electrons. The van der Waals surface area contributed by atoms with Gasteiger partial charge >= 0.3 is 0 Å². The molecule has 0 aliphatic carbocycles. The van der Waals surface area contributed by atoms with E-state index < -0.39 is 0 Å². The minimum absolute atomic E-state index is 0.0174. The predicted molar refractivity (Wildman–Crippen MR) is 70.3 cm³/mol. The van der Waals surface area contributed by atoms with Gasteiger partial charge in [0.05, 0.1) is 12.6 Å². The lowest BCUT2D eigenvalue weighted by molar-refractivity contribution is -0.137. The number of carbonyl (C=O) groups is 1. The molecule has 1 amide bonds. The van der Waals surface area contributed by atoms with Gasteiger partial charge in [-0.05, 0) is 52.4 Å². The molecular formula is C13H25N3O2. The molecule has 2 fully saturated rings. The molecule has 0 saturated carbocycles. The van der Waals surface area contributed by atoms with Crippen LogP contribution in [0.15, 0.2) is 0 Å². The summed E-state index contributed by atoms with van der Waals surface area (Å²) in [6, 6.07) is 0.291. The van der Waals surface area contributed by atoms with E-state index in [1.54, 1.807) is 0 Å². The first-order chi connectivity index (χ1) is 8.72. The Morgan fingerprint density at radius 2 is 2.11 bits per heavy atom. The fourth-order valence-corrected chi connectivity index (χ4v) is 2.98. The van der Waals surface area contributed by atoms with Crippen molar-refractivity contribution in [3.8, 4) is 0 Å². The summed E-state index contributed by atoms with van der Waals surface area (Å²) >= 11 is 0. The van der Waals surface area contributed by atoms with Gasteiger partial charge in [0.2, 0.25) is 5.91 Å². The molecule has 5 heteroatoms. The number of carbonyl (C=O) groups excluding carboxylic acids is 1. The summed E-state index contributed by atoms with van der Waals surface area (Å²) < 4.78 is 0. The van der Waals surface area contributed by atoms with Crippen molar-refractivity contribution >= 4 is 5.91 Å². The normalized spacial score (nSPS) is 26.4. The fraction of sp³-hybridized carbons (Fsp3) is 0.923. The number of nitrogens with one attached hydrogen (secondary N) is 1. The third kappa shape index (κ3) is 3.22. The number of piperidine rings is 1. The number of aliphatic hydroxyl groups excluding tert-OH is 1. The van der Waals surface area contributed by atoms with Crippen molar-refractivity contribution in [3.05, 3.63) is 0 Å². The molecule has 2 saturated heterocycles. The van der Waals surface area contributed by atoms with Gasteiger partial charge in [0, 0.05) is 12.6 Å². The smallest absolute Gasteiger partial charge is 0.240 e. The van der Waals surface area contributed by atoms with Crippen molar-refractivity contribution in [1.29, 1.82) is 0 Å². The number of likely N-dealkylation sites (tertiary alicyclic amines) is 1. The quantitative estimate of drug-likeness (QED) is 0.721. The Labute approximate surface area is 109 Å². The molecule has 2 N–H and O–H groups in total. The molecule has 0 bridgehead atoms. The molecular weight excluding hydrogens is 230 g/mol. The Bertz CT molecular complexity index is 271. The second kappa shape index (κ2) is 6.50. The lowest BCUT2D eigenvalue weighted by atomic mass is 10.0. The first kappa shape index (κ1) is 13.8. The van der Waals surface area contributed by atoms with E-state index in [1.165, 1.54) is 0 Å². The van der Waals surface area contributed by atoms with Gasteiger partial charge in [0.25, 0.3) is 0 Å². The van der Waals surface area contributed by atoms with E-state index >= 15 is 0 Å². The monoisotopic (exact) mass is 255 g/mol. The minimum atomic E-state index is -0.0174. The molecule has 1 atom stereocenters. The zero-order valence-electron chi connectivity index (χ0n) is 11.3. The van der Waals surface area contributed by atoms with Gasteiger partial charge < -0.3 is 20.2 Å². The predicted octanol–water partition coefficient (Wildman–Crippen LogP) is -0.346. The summed E-state index contributed by atoms with van der Waals surface area (Å²) in [5, 5.41) is 12.4. The largest absolute Gasteiger partial charge is 0.395 e. The molecule has 18 heavy (non-hydrogen) atoms. The summed E-state index contributed by atoms with van der Waals surface area (Å²) in [5.41, 5.74) is 0. The van der Waals surface area contributed by atoms with E-state index in [9.17, 15) is 9.90 Å². The number of hydrogen-bond acceptors (Lipinski definition) is 4. The van der Waals surface area contributed by atoms with Gasteiger partial charge in [0.15, 0.2) is 0 Å². The number of hydrogen-bond donors (Lipinski definition) is 2. The maximum atomic E-state index is 12.5. The molecule has 0 radical (unpaired) electrons. The van der Waals surface area contributed by atoms with Crippen LogP contribution in [-0.4, -0.2) is 72.7 Å². The van der Waals surface area contributed by atoms with Gasteiger partial charge in [-0.3, -0.25) is 4.79 Å². The van der Waals surface area contributed by atoms with Crippen LogP contribution in [0.25, 0.3) is 0 Å². The molecule has 0 aromatic carbocycles. The molecule has 2 rings (SSSR count). The highest BCUT2D eigenvalue weighted by Crippen LogP contribution is 2.18. The van der Waals surface area contributed by atoms with Crippen molar-refractivity contribution in [3.63, 3.8) is 0 Å². The van der Waals surface area contributed by atoms with Crippen LogP contribution in [0.4, 0.5) is 0 Å². The van der Waals surface area contributed by atoms with Crippen LogP contribution in [0.2, 0.25) is 0 Å².